The highest BCUT2D eigenvalue weighted by Gasteiger charge is 2.25. The Labute approximate surface area is 165 Å². The van der Waals surface area contributed by atoms with Gasteiger partial charge in [0.1, 0.15) is 0 Å². The summed E-state index contributed by atoms with van der Waals surface area (Å²) in [5.41, 5.74) is 0.651. The summed E-state index contributed by atoms with van der Waals surface area (Å²) < 4.78 is 33.9. The van der Waals surface area contributed by atoms with Gasteiger partial charge in [0.15, 0.2) is 11.6 Å². The van der Waals surface area contributed by atoms with Crippen LogP contribution in [0.15, 0.2) is 12.1 Å². The zero-order valence-corrected chi connectivity index (χ0v) is 17.7. The lowest BCUT2D eigenvalue weighted by Gasteiger charge is -2.32. The summed E-state index contributed by atoms with van der Waals surface area (Å²) in [6, 6.07) is 3.23. The molecule has 0 amide bonds. The Morgan fingerprint density at radius 1 is 1.12 bits per heavy atom. The third kappa shape index (κ3) is 6.46. The molecule has 1 nitrogen and oxygen atoms in total. The molecule has 0 saturated heterocycles. The minimum Gasteiger partial charge on any atom is -0.377 e. The zero-order chi connectivity index (χ0) is 18.2. The second kappa shape index (κ2) is 10.8. The number of benzene rings is 1. The van der Waals surface area contributed by atoms with Gasteiger partial charge in [0.2, 0.25) is 0 Å². The van der Waals surface area contributed by atoms with Crippen LogP contribution in [0.25, 0.3) is 0 Å². The van der Waals surface area contributed by atoms with E-state index in [-0.39, 0.29) is 6.61 Å². The molecule has 1 unspecified atom stereocenters. The molecule has 0 aromatic heterocycles. The van der Waals surface area contributed by atoms with E-state index in [1.54, 1.807) is 19.1 Å². The second-order valence-electron chi connectivity index (χ2n) is 7.43. The fourth-order valence-corrected chi connectivity index (χ4v) is 4.68. The Balaban J connectivity index is 1.72. The molecule has 0 N–H and O–H groups in total. The molecular formula is C21H31F2IO. The van der Waals surface area contributed by atoms with Crippen molar-refractivity contribution in [2.24, 2.45) is 11.8 Å². The minimum absolute atomic E-state index is 0.154. The largest absolute Gasteiger partial charge is 0.377 e. The van der Waals surface area contributed by atoms with Gasteiger partial charge in [-0.1, -0.05) is 54.5 Å². The van der Waals surface area contributed by atoms with Crippen LogP contribution in [0, 0.1) is 30.4 Å². The normalized spacial score (nSPS) is 22.1. The van der Waals surface area contributed by atoms with Crippen molar-refractivity contribution in [1.29, 1.82) is 0 Å². The molecule has 0 bridgehead atoms. The number of ether oxygens (including phenoxy) is 1. The summed E-state index contributed by atoms with van der Waals surface area (Å²) in [7, 11) is 0. The predicted molar refractivity (Wildman–Crippen MR) is 108 cm³/mol. The highest BCUT2D eigenvalue weighted by molar-refractivity contribution is 14.1. The van der Waals surface area contributed by atoms with Crippen LogP contribution in [-0.2, 0) is 11.3 Å². The molecule has 1 saturated carbocycles. The van der Waals surface area contributed by atoms with Crippen molar-refractivity contribution >= 4 is 22.6 Å². The molecule has 1 fully saturated rings. The molecule has 4 heteroatoms. The summed E-state index contributed by atoms with van der Waals surface area (Å²) in [6.45, 7) is 4.61. The van der Waals surface area contributed by atoms with Crippen molar-refractivity contribution < 1.29 is 13.5 Å². The molecule has 1 atom stereocenters. The van der Waals surface area contributed by atoms with Gasteiger partial charge in [-0.15, -0.1) is 0 Å². The van der Waals surface area contributed by atoms with Crippen LogP contribution < -0.4 is 0 Å². The molecular weight excluding hydrogens is 433 g/mol. The van der Waals surface area contributed by atoms with E-state index >= 15 is 0 Å². The van der Waals surface area contributed by atoms with E-state index < -0.39 is 11.6 Å². The molecule has 0 spiro atoms. The summed E-state index contributed by atoms with van der Waals surface area (Å²) >= 11 is 2.59. The Bertz CT molecular complexity index is 527. The van der Waals surface area contributed by atoms with Crippen LogP contribution >= 0.6 is 22.6 Å². The van der Waals surface area contributed by atoms with Gasteiger partial charge >= 0.3 is 0 Å². The van der Waals surface area contributed by atoms with E-state index in [9.17, 15) is 8.78 Å². The lowest BCUT2D eigenvalue weighted by molar-refractivity contribution is 0.105. The molecule has 142 valence electrons. The first-order valence-electron chi connectivity index (χ1n) is 9.68. The lowest BCUT2D eigenvalue weighted by atomic mass is 9.76. The number of hydrogen-bond acceptors (Lipinski definition) is 1. The fourth-order valence-electron chi connectivity index (χ4n) is 3.96. The first-order chi connectivity index (χ1) is 12.0. The molecule has 25 heavy (non-hydrogen) atoms. The van der Waals surface area contributed by atoms with Crippen LogP contribution in [0.4, 0.5) is 8.78 Å². The van der Waals surface area contributed by atoms with Gasteiger partial charge in [0.25, 0.3) is 0 Å². The predicted octanol–water partition coefficient (Wildman–Crippen LogP) is 6.98. The van der Waals surface area contributed by atoms with Gasteiger partial charge in [-0.25, -0.2) is 8.78 Å². The van der Waals surface area contributed by atoms with Gasteiger partial charge in [-0.3, -0.25) is 0 Å². The van der Waals surface area contributed by atoms with Crippen molar-refractivity contribution in [1.82, 2.24) is 0 Å². The number of halogens is 3. The van der Waals surface area contributed by atoms with E-state index in [2.05, 4.69) is 29.5 Å². The summed E-state index contributed by atoms with van der Waals surface area (Å²) in [6.07, 6.45) is 10.2. The third-order valence-electron chi connectivity index (χ3n) is 5.50. The van der Waals surface area contributed by atoms with Crippen LogP contribution in [0.1, 0.15) is 69.4 Å². The van der Waals surface area contributed by atoms with Crippen LogP contribution in [0.2, 0.25) is 0 Å². The summed E-state index contributed by atoms with van der Waals surface area (Å²) in [5.74, 6) is 0.148. The number of aryl methyl sites for hydroxylation is 1. The smallest absolute Gasteiger partial charge is 0.164 e. The van der Waals surface area contributed by atoms with Crippen LogP contribution in [-0.4, -0.2) is 10.5 Å². The quantitative estimate of drug-likeness (QED) is 0.218. The van der Waals surface area contributed by atoms with Gasteiger partial charge < -0.3 is 4.74 Å². The summed E-state index contributed by atoms with van der Waals surface area (Å²) in [5, 5.41) is 0. The molecule has 1 aliphatic rings. The number of rotatable bonds is 9. The maximum Gasteiger partial charge on any atom is 0.164 e. The average molecular weight is 464 g/mol. The fraction of sp³-hybridized carbons (Fsp3) is 0.714. The van der Waals surface area contributed by atoms with Crippen LogP contribution in [0.3, 0.4) is 0 Å². The average Bonchev–Trinajstić information content (AvgIpc) is 2.61. The molecule has 1 aromatic rings. The van der Waals surface area contributed by atoms with Crippen molar-refractivity contribution in [2.75, 3.05) is 6.61 Å². The minimum atomic E-state index is -0.764. The van der Waals surface area contributed by atoms with Crippen molar-refractivity contribution in [3.05, 3.63) is 34.9 Å². The Kier molecular flexibility index (Phi) is 9.11. The SMILES string of the molecule is CCCC(CCCOCc1ccc(C)c(F)c1F)C1CCC(I)CC1. The molecule has 1 aromatic carbocycles. The standard InChI is InChI=1S/C21H31F2IO/c1-3-5-16(17-9-11-19(24)12-10-17)6-4-13-25-14-18-8-7-15(2)20(22)21(18)23/h7-8,16-17,19H,3-6,9-14H2,1-2H3. The first-order valence-corrected chi connectivity index (χ1v) is 10.9. The summed E-state index contributed by atoms with van der Waals surface area (Å²) in [4.78, 5) is 0. The highest BCUT2D eigenvalue weighted by atomic mass is 127. The van der Waals surface area contributed by atoms with E-state index in [1.165, 1.54) is 44.9 Å². The number of hydrogen-bond donors (Lipinski definition) is 0. The topological polar surface area (TPSA) is 9.23 Å². The molecule has 0 aliphatic heterocycles. The van der Waals surface area contributed by atoms with E-state index in [0.717, 1.165) is 22.2 Å². The Hall–Kier alpha value is -0.230. The van der Waals surface area contributed by atoms with E-state index in [1.807, 2.05) is 0 Å². The molecule has 0 radical (unpaired) electrons. The van der Waals surface area contributed by atoms with Crippen molar-refractivity contribution in [3.8, 4) is 0 Å². The highest BCUT2D eigenvalue weighted by Crippen LogP contribution is 2.37. The van der Waals surface area contributed by atoms with Crippen molar-refractivity contribution in [2.45, 2.75) is 75.7 Å². The zero-order valence-electron chi connectivity index (χ0n) is 15.5. The maximum atomic E-state index is 13.8. The first kappa shape index (κ1) is 21.1. The lowest BCUT2D eigenvalue weighted by Crippen LogP contribution is -2.22. The molecule has 2 rings (SSSR count). The monoisotopic (exact) mass is 464 g/mol. The van der Waals surface area contributed by atoms with Crippen molar-refractivity contribution in [3.63, 3.8) is 0 Å². The number of alkyl halides is 1. The van der Waals surface area contributed by atoms with Gasteiger partial charge in [-0.2, -0.15) is 0 Å². The van der Waals surface area contributed by atoms with Gasteiger partial charge in [0.05, 0.1) is 6.61 Å². The van der Waals surface area contributed by atoms with Gasteiger partial charge in [-0.05, 0) is 62.8 Å². The van der Waals surface area contributed by atoms with E-state index in [0.29, 0.717) is 17.7 Å². The van der Waals surface area contributed by atoms with E-state index in [4.69, 9.17) is 4.74 Å². The van der Waals surface area contributed by atoms with Crippen LogP contribution in [0.5, 0.6) is 0 Å². The Morgan fingerprint density at radius 2 is 1.84 bits per heavy atom. The second-order valence-corrected chi connectivity index (χ2v) is 9.19. The third-order valence-corrected chi connectivity index (χ3v) is 6.75. The molecule has 1 aliphatic carbocycles. The molecule has 0 heterocycles. The maximum absolute atomic E-state index is 13.8. The Morgan fingerprint density at radius 3 is 2.52 bits per heavy atom. The van der Waals surface area contributed by atoms with Gasteiger partial charge in [0, 0.05) is 16.1 Å².